The molecular formula is C12H13N5O2. The molecule has 0 aliphatic heterocycles. The van der Waals surface area contributed by atoms with Crippen molar-refractivity contribution in [3.8, 4) is 0 Å². The summed E-state index contributed by atoms with van der Waals surface area (Å²) in [7, 11) is 0. The number of hydrogen-bond acceptors (Lipinski definition) is 6. The second kappa shape index (κ2) is 5.30. The molecule has 0 saturated heterocycles. The van der Waals surface area contributed by atoms with Crippen LogP contribution in [0.4, 0.5) is 17.3 Å². The maximum atomic E-state index is 11.0. The predicted octanol–water partition coefficient (Wildman–Crippen LogP) is 2.14. The zero-order valence-corrected chi connectivity index (χ0v) is 10.3. The lowest BCUT2D eigenvalue weighted by atomic mass is 10.1. The number of hydrogen-bond donors (Lipinski definition) is 2. The summed E-state index contributed by atoms with van der Waals surface area (Å²) in [5.41, 5.74) is 6.20. The molecule has 1 aromatic carbocycles. The third kappa shape index (κ3) is 2.76. The van der Waals surface area contributed by atoms with Gasteiger partial charge in [0.1, 0.15) is 6.33 Å². The first-order valence-corrected chi connectivity index (χ1v) is 5.66. The van der Waals surface area contributed by atoms with Gasteiger partial charge in [-0.1, -0.05) is 30.3 Å². The summed E-state index contributed by atoms with van der Waals surface area (Å²) in [5.74, 6) is -0.0309. The topological polar surface area (TPSA) is 107 Å². The SMILES string of the molecule is CC(Nc1ncnc(N)c1[N+](=O)[O-])c1ccccc1. The molecule has 98 valence electrons. The number of aromatic nitrogens is 2. The van der Waals surface area contributed by atoms with E-state index in [0.717, 1.165) is 5.56 Å². The fourth-order valence-corrected chi connectivity index (χ4v) is 1.71. The molecule has 0 spiro atoms. The van der Waals surface area contributed by atoms with Crippen molar-refractivity contribution >= 4 is 17.3 Å². The number of benzene rings is 1. The molecule has 19 heavy (non-hydrogen) atoms. The average Bonchev–Trinajstić information content (AvgIpc) is 2.39. The van der Waals surface area contributed by atoms with Crippen molar-refractivity contribution in [1.29, 1.82) is 0 Å². The van der Waals surface area contributed by atoms with E-state index in [1.165, 1.54) is 6.33 Å². The van der Waals surface area contributed by atoms with Crippen molar-refractivity contribution in [2.75, 3.05) is 11.1 Å². The number of rotatable bonds is 4. The molecular weight excluding hydrogens is 246 g/mol. The Morgan fingerprint density at radius 2 is 2.00 bits per heavy atom. The summed E-state index contributed by atoms with van der Waals surface area (Å²) in [4.78, 5) is 17.9. The van der Waals surface area contributed by atoms with Crippen LogP contribution in [-0.2, 0) is 0 Å². The van der Waals surface area contributed by atoms with Crippen molar-refractivity contribution in [2.24, 2.45) is 0 Å². The fraction of sp³-hybridized carbons (Fsp3) is 0.167. The Morgan fingerprint density at radius 3 is 2.63 bits per heavy atom. The molecule has 0 saturated carbocycles. The van der Waals surface area contributed by atoms with E-state index in [2.05, 4.69) is 15.3 Å². The van der Waals surface area contributed by atoms with E-state index >= 15 is 0 Å². The highest BCUT2D eigenvalue weighted by Gasteiger charge is 2.22. The molecule has 1 heterocycles. The number of nitrogens with one attached hydrogen (secondary N) is 1. The van der Waals surface area contributed by atoms with Crippen LogP contribution >= 0.6 is 0 Å². The minimum absolute atomic E-state index is 0.119. The quantitative estimate of drug-likeness (QED) is 0.643. The molecule has 0 radical (unpaired) electrons. The minimum atomic E-state index is -0.588. The zero-order chi connectivity index (χ0) is 13.8. The molecule has 0 bridgehead atoms. The van der Waals surface area contributed by atoms with E-state index in [0.29, 0.717) is 0 Å². The first kappa shape index (κ1) is 12.7. The van der Waals surface area contributed by atoms with Crippen LogP contribution in [0.25, 0.3) is 0 Å². The first-order chi connectivity index (χ1) is 9.09. The van der Waals surface area contributed by atoms with Gasteiger partial charge in [-0.3, -0.25) is 10.1 Å². The van der Waals surface area contributed by atoms with Gasteiger partial charge in [0, 0.05) is 0 Å². The maximum Gasteiger partial charge on any atom is 0.353 e. The molecule has 0 aliphatic rings. The lowest BCUT2D eigenvalue weighted by Crippen LogP contribution is -2.11. The Labute approximate surface area is 109 Å². The average molecular weight is 259 g/mol. The Balaban J connectivity index is 2.29. The highest BCUT2D eigenvalue weighted by atomic mass is 16.6. The Bertz CT molecular complexity index is 588. The van der Waals surface area contributed by atoms with E-state index in [9.17, 15) is 10.1 Å². The second-order valence-corrected chi connectivity index (χ2v) is 3.99. The number of nitro groups is 1. The van der Waals surface area contributed by atoms with Gasteiger partial charge in [0.15, 0.2) is 0 Å². The highest BCUT2D eigenvalue weighted by Crippen LogP contribution is 2.29. The predicted molar refractivity (Wildman–Crippen MR) is 71.6 cm³/mol. The van der Waals surface area contributed by atoms with Crippen LogP contribution in [0.5, 0.6) is 0 Å². The number of nitrogen functional groups attached to an aromatic ring is 1. The molecule has 2 rings (SSSR count). The smallest absolute Gasteiger partial charge is 0.353 e. The summed E-state index contributed by atoms with van der Waals surface area (Å²) >= 11 is 0. The van der Waals surface area contributed by atoms with Crippen molar-refractivity contribution in [3.63, 3.8) is 0 Å². The standard InChI is InChI=1S/C12H13N5O2/c1-8(9-5-3-2-4-6-9)16-12-10(17(18)19)11(13)14-7-15-12/h2-8H,1H3,(H3,13,14,15,16). The van der Waals surface area contributed by atoms with E-state index in [1.54, 1.807) is 0 Å². The molecule has 3 N–H and O–H groups in total. The minimum Gasteiger partial charge on any atom is -0.378 e. The van der Waals surface area contributed by atoms with E-state index < -0.39 is 4.92 Å². The Hall–Kier alpha value is -2.70. The molecule has 1 atom stereocenters. The first-order valence-electron chi connectivity index (χ1n) is 5.66. The molecule has 7 nitrogen and oxygen atoms in total. The molecule has 7 heteroatoms. The molecule has 2 aromatic rings. The van der Waals surface area contributed by atoms with E-state index in [1.807, 2.05) is 37.3 Å². The molecule has 0 amide bonds. The van der Waals surface area contributed by atoms with Gasteiger partial charge in [-0.2, -0.15) is 0 Å². The lowest BCUT2D eigenvalue weighted by molar-refractivity contribution is -0.383. The van der Waals surface area contributed by atoms with Gasteiger partial charge in [-0.15, -0.1) is 0 Å². The van der Waals surface area contributed by atoms with Crippen LogP contribution in [0.1, 0.15) is 18.5 Å². The van der Waals surface area contributed by atoms with Crippen LogP contribution in [0.2, 0.25) is 0 Å². The second-order valence-electron chi connectivity index (χ2n) is 3.99. The van der Waals surface area contributed by atoms with Crippen molar-refractivity contribution < 1.29 is 4.92 Å². The summed E-state index contributed by atoms with van der Waals surface area (Å²) in [5, 5.41) is 13.9. The van der Waals surface area contributed by atoms with Gasteiger partial charge in [-0.05, 0) is 12.5 Å². The van der Waals surface area contributed by atoms with Gasteiger partial charge in [0.2, 0.25) is 11.6 Å². The highest BCUT2D eigenvalue weighted by molar-refractivity contribution is 5.67. The summed E-state index contributed by atoms with van der Waals surface area (Å²) < 4.78 is 0. The summed E-state index contributed by atoms with van der Waals surface area (Å²) in [6, 6.07) is 9.42. The summed E-state index contributed by atoms with van der Waals surface area (Å²) in [6.07, 6.45) is 1.20. The van der Waals surface area contributed by atoms with Gasteiger partial charge in [0.25, 0.3) is 0 Å². The number of nitrogens with two attached hydrogens (primary N) is 1. The van der Waals surface area contributed by atoms with Crippen LogP contribution in [-0.4, -0.2) is 14.9 Å². The molecule has 0 fully saturated rings. The monoisotopic (exact) mass is 259 g/mol. The fourth-order valence-electron chi connectivity index (χ4n) is 1.71. The van der Waals surface area contributed by atoms with Crippen molar-refractivity contribution in [3.05, 3.63) is 52.3 Å². The number of anilines is 2. The normalized spacial score (nSPS) is 11.8. The van der Waals surface area contributed by atoms with Crippen LogP contribution in [0.15, 0.2) is 36.7 Å². The molecule has 0 aliphatic carbocycles. The molecule has 1 aromatic heterocycles. The maximum absolute atomic E-state index is 11.0. The van der Waals surface area contributed by atoms with Crippen molar-refractivity contribution in [1.82, 2.24) is 9.97 Å². The largest absolute Gasteiger partial charge is 0.378 e. The lowest BCUT2D eigenvalue weighted by Gasteiger charge is -2.14. The van der Waals surface area contributed by atoms with Crippen LogP contribution in [0.3, 0.4) is 0 Å². The van der Waals surface area contributed by atoms with Gasteiger partial charge < -0.3 is 11.1 Å². The van der Waals surface area contributed by atoms with Crippen molar-refractivity contribution in [2.45, 2.75) is 13.0 Å². The third-order valence-corrected chi connectivity index (χ3v) is 2.69. The summed E-state index contributed by atoms with van der Waals surface area (Å²) in [6.45, 7) is 1.89. The van der Waals surface area contributed by atoms with Crippen LogP contribution in [0, 0.1) is 10.1 Å². The zero-order valence-electron chi connectivity index (χ0n) is 10.3. The third-order valence-electron chi connectivity index (χ3n) is 2.69. The number of nitrogens with zero attached hydrogens (tertiary/aromatic N) is 3. The van der Waals surface area contributed by atoms with E-state index in [4.69, 9.17) is 5.73 Å². The van der Waals surface area contributed by atoms with Gasteiger partial charge in [0.05, 0.1) is 11.0 Å². The van der Waals surface area contributed by atoms with Gasteiger partial charge >= 0.3 is 5.69 Å². The Morgan fingerprint density at radius 1 is 1.32 bits per heavy atom. The van der Waals surface area contributed by atoms with E-state index in [-0.39, 0.29) is 23.4 Å². The Kier molecular flexibility index (Phi) is 3.56. The van der Waals surface area contributed by atoms with Gasteiger partial charge in [-0.25, -0.2) is 9.97 Å². The molecule has 1 unspecified atom stereocenters. The van der Waals surface area contributed by atoms with Crippen LogP contribution < -0.4 is 11.1 Å².